The molecular formula is C9H11O3S+. The predicted octanol–water partition coefficient (Wildman–Crippen LogP) is 1.99. The minimum atomic E-state index is -2.78. The summed E-state index contributed by atoms with van der Waals surface area (Å²) in [6.07, 6.45) is 1.27. The molecular weight excluding hydrogens is 188 g/mol. The Hall–Kier alpha value is -1.16. The molecule has 1 aromatic carbocycles. The Balaban J connectivity index is 2.82. The molecule has 1 atom stereocenters. The van der Waals surface area contributed by atoms with Crippen molar-refractivity contribution in [2.45, 2.75) is 5.75 Å². The molecule has 1 unspecified atom stereocenters. The Kier molecular flexibility index (Phi) is 2.83. The van der Waals surface area contributed by atoms with E-state index < -0.39 is 15.2 Å². The molecule has 1 rings (SSSR count). The van der Waals surface area contributed by atoms with Crippen LogP contribution in [0.3, 0.4) is 0 Å². The SMILES string of the molecule is C[S+](=O)(Cc1ccccc1)C(=O)O. The van der Waals surface area contributed by atoms with Crippen LogP contribution in [0.2, 0.25) is 0 Å². The van der Waals surface area contributed by atoms with Crippen LogP contribution < -0.4 is 0 Å². The summed E-state index contributed by atoms with van der Waals surface area (Å²) < 4.78 is 11.5. The molecule has 0 fully saturated rings. The van der Waals surface area contributed by atoms with Crippen molar-refractivity contribution >= 4 is 15.2 Å². The Morgan fingerprint density at radius 1 is 1.38 bits per heavy atom. The van der Waals surface area contributed by atoms with Gasteiger partial charge in [-0.3, -0.25) is 0 Å². The maximum atomic E-state index is 11.5. The van der Waals surface area contributed by atoms with Gasteiger partial charge in [0.05, 0.1) is 0 Å². The lowest BCUT2D eigenvalue weighted by molar-refractivity contribution is 0.220. The maximum absolute atomic E-state index is 11.5. The summed E-state index contributed by atoms with van der Waals surface area (Å²) in [5.74, 6) is 0.100. The summed E-state index contributed by atoms with van der Waals surface area (Å²) >= 11 is 0. The number of carbonyl (C=O) groups is 1. The fourth-order valence-corrected chi connectivity index (χ4v) is 1.91. The van der Waals surface area contributed by atoms with Crippen molar-refractivity contribution in [1.82, 2.24) is 0 Å². The van der Waals surface area contributed by atoms with Crippen LogP contribution in [0.1, 0.15) is 5.56 Å². The number of hydrogen-bond donors (Lipinski definition) is 1. The van der Waals surface area contributed by atoms with Gasteiger partial charge >= 0.3 is 5.30 Å². The standard InChI is InChI=1S/C9H10O3S/c1-13(12,9(10)11)7-8-5-3-2-4-6-8/h2-6H,7H2,1H3/p+1. The molecule has 0 aliphatic heterocycles. The van der Waals surface area contributed by atoms with Crippen LogP contribution in [0.4, 0.5) is 4.79 Å². The zero-order valence-electron chi connectivity index (χ0n) is 7.27. The third kappa shape index (κ3) is 2.66. The Bertz CT molecular complexity index is 345. The zero-order chi connectivity index (χ0) is 9.90. The summed E-state index contributed by atoms with van der Waals surface area (Å²) in [6.45, 7) is 0. The third-order valence-electron chi connectivity index (χ3n) is 1.65. The predicted molar refractivity (Wildman–Crippen MR) is 52.1 cm³/mol. The van der Waals surface area contributed by atoms with Gasteiger partial charge in [-0.25, -0.2) is 0 Å². The first-order valence-corrected chi connectivity index (χ1v) is 5.90. The van der Waals surface area contributed by atoms with Gasteiger partial charge in [-0.15, -0.1) is 0 Å². The fourth-order valence-electron chi connectivity index (χ4n) is 0.954. The van der Waals surface area contributed by atoms with E-state index in [9.17, 15) is 9.00 Å². The second-order valence-electron chi connectivity index (χ2n) is 2.90. The van der Waals surface area contributed by atoms with E-state index >= 15 is 0 Å². The molecule has 70 valence electrons. The summed E-state index contributed by atoms with van der Waals surface area (Å²) in [7, 11) is -2.78. The van der Waals surface area contributed by atoms with Crippen molar-refractivity contribution in [3.8, 4) is 0 Å². The van der Waals surface area contributed by atoms with E-state index in [2.05, 4.69) is 0 Å². The van der Waals surface area contributed by atoms with E-state index in [4.69, 9.17) is 5.11 Å². The first-order chi connectivity index (χ1) is 6.02. The molecule has 4 heteroatoms. The van der Waals surface area contributed by atoms with Gasteiger partial charge in [-0.05, 0) is 0 Å². The van der Waals surface area contributed by atoms with E-state index in [0.717, 1.165) is 5.56 Å². The maximum Gasteiger partial charge on any atom is 0.525 e. The van der Waals surface area contributed by atoms with Crippen LogP contribution >= 0.6 is 0 Å². The average Bonchev–Trinajstić information content (AvgIpc) is 2.05. The summed E-state index contributed by atoms with van der Waals surface area (Å²) in [6, 6.07) is 8.97. The minimum absolute atomic E-state index is 0.100. The molecule has 1 aromatic rings. The Labute approximate surface area is 77.8 Å². The largest absolute Gasteiger partial charge is 0.525 e. The van der Waals surface area contributed by atoms with Gasteiger partial charge in [-0.2, -0.15) is 4.79 Å². The molecule has 0 aliphatic carbocycles. The van der Waals surface area contributed by atoms with Gasteiger partial charge in [0.1, 0.15) is 12.0 Å². The first kappa shape index (κ1) is 9.92. The van der Waals surface area contributed by atoms with Crippen molar-refractivity contribution in [3.05, 3.63) is 35.9 Å². The van der Waals surface area contributed by atoms with E-state index in [1.807, 2.05) is 6.07 Å². The topological polar surface area (TPSA) is 54.4 Å². The van der Waals surface area contributed by atoms with Crippen molar-refractivity contribution in [1.29, 1.82) is 0 Å². The van der Waals surface area contributed by atoms with Crippen molar-refractivity contribution in [2.24, 2.45) is 0 Å². The van der Waals surface area contributed by atoms with Crippen LogP contribution in [-0.4, -0.2) is 16.7 Å². The lowest BCUT2D eigenvalue weighted by Crippen LogP contribution is -2.20. The third-order valence-corrected chi connectivity index (χ3v) is 3.28. The fraction of sp³-hybridized carbons (Fsp3) is 0.222. The Morgan fingerprint density at radius 2 is 1.92 bits per heavy atom. The van der Waals surface area contributed by atoms with Crippen molar-refractivity contribution in [3.63, 3.8) is 0 Å². The number of hydrogen-bond acceptors (Lipinski definition) is 2. The molecule has 3 nitrogen and oxygen atoms in total. The molecule has 0 aliphatic rings. The van der Waals surface area contributed by atoms with E-state index in [-0.39, 0.29) is 5.75 Å². The molecule has 0 saturated carbocycles. The monoisotopic (exact) mass is 199 g/mol. The quantitative estimate of drug-likeness (QED) is 0.741. The summed E-state index contributed by atoms with van der Waals surface area (Å²) in [4.78, 5) is 10.5. The van der Waals surface area contributed by atoms with Crippen LogP contribution in [-0.2, 0) is 19.9 Å². The van der Waals surface area contributed by atoms with Crippen molar-refractivity contribution < 1.29 is 14.1 Å². The highest BCUT2D eigenvalue weighted by Crippen LogP contribution is 2.11. The molecule has 0 spiro atoms. The Morgan fingerprint density at radius 3 is 2.38 bits per heavy atom. The second kappa shape index (κ2) is 3.70. The minimum Gasteiger partial charge on any atom is -0.441 e. The molecule has 13 heavy (non-hydrogen) atoms. The average molecular weight is 199 g/mol. The highest BCUT2D eigenvalue weighted by molar-refractivity contribution is 8.14. The molecule has 0 saturated heterocycles. The van der Waals surface area contributed by atoms with Gasteiger partial charge in [0.15, 0.2) is 9.93 Å². The first-order valence-electron chi connectivity index (χ1n) is 3.76. The number of rotatable bonds is 2. The van der Waals surface area contributed by atoms with E-state index in [1.165, 1.54) is 6.26 Å². The lowest BCUT2D eigenvalue weighted by atomic mass is 10.2. The smallest absolute Gasteiger partial charge is 0.441 e. The van der Waals surface area contributed by atoms with Gasteiger partial charge in [0, 0.05) is 5.56 Å². The van der Waals surface area contributed by atoms with Crippen LogP contribution in [0.25, 0.3) is 0 Å². The van der Waals surface area contributed by atoms with Gasteiger partial charge in [0.2, 0.25) is 0 Å². The molecule has 0 amide bonds. The number of benzene rings is 1. The second-order valence-corrected chi connectivity index (χ2v) is 5.55. The van der Waals surface area contributed by atoms with E-state index in [1.54, 1.807) is 24.3 Å². The lowest BCUT2D eigenvalue weighted by Gasteiger charge is -2.00. The number of carboxylic acid groups (broad SMARTS) is 1. The van der Waals surface area contributed by atoms with Gasteiger partial charge in [-0.1, -0.05) is 34.5 Å². The van der Waals surface area contributed by atoms with Crippen LogP contribution in [0.5, 0.6) is 0 Å². The molecule has 0 heterocycles. The molecule has 0 aromatic heterocycles. The summed E-state index contributed by atoms with van der Waals surface area (Å²) in [5, 5.41) is 7.40. The van der Waals surface area contributed by atoms with Gasteiger partial charge < -0.3 is 5.11 Å². The van der Waals surface area contributed by atoms with Gasteiger partial charge in [0.25, 0.3) is 0 Å². The highest BCUT2D eigenvalue weighted by atomic mass is 32.2. The van der Waals surface area contributed by atoms with E-state index in [0.29, 0.717) is 0 Å². The molecule has 0 radical (unpaired) electrons. The zero-order valence-corrected chi connectivity index (χ0v) is 8.08. The summed E-state index contributed by atoms with van der Waals surface area (Å²) in [5.41, 5.74) is 0.789. The molecule has 0 bridgehead atoms. The van der Waals surface area contributed by atoms with Crippen LogP contribution in [0.15, 0.2) is 30.3 Å². The van der Waals surface area contributed by atoms with Crippen molar-refractivity contribution in [2.75, 3.05) is 6.26 Å². The normalized spacial score (nSPS) is 14.8. The molecule has 1 N–H and O–H groups in total. The van der Waals surface area contributed by atoms with Crippen LogP contribution in [0, 0.1) is 0 Å². The highest BCUT2D eigenvalue weighted by Gasteiger charge is 2.32.